The molecule has 14 heteroatoms. The molecule has 0 aromatic heterocycles. The van der Waals surface area contributed by atoms with Gasteiger partial charge in [0.2, 0.25) is 0 Å². The number of hydrogen-bond acceptors (Lipinski definition) is 6. The summed E-state index contributed by atoms with van der Waals surface area (Å²) in [6.07, 6.45) is -11.9. The van der Waals surface area contributed by atoms with E-state index in [0.29, 0.717) is 10.8 Å². The van der Waals surface area contributed by atoms with Gasteiger partial charge in [0, 0.05) is 0 Å². The van der Waals surface area contributed by atoms with Gasteiger partial charge in [-0.1, -0.05) is 0 Å². The van der Waals surface area contributed by atoms with Crippen molar-refractivity contribution in [2.45, 2.75) is 32.0 Å². The van der Waals surface area contributed by atoms with E-state index in [4.69, 9.17) is 4.74 Å². The molecule has 0 bridgehead atoms. The Bertz CT molecular complexity index is 1070. The monoisotopic (exact) mass is 690 g/mol. The molecule has 1 unspecified atom stereocenters. The first-order valence-corrected chi connectivity index (χ1v) is 13.1. The number of hydrogen-bond donors (Lipinski definition) is 3. The third kappa shape index (κ3) is 3.90. The normalized spacial score (nSPS) is 20.3. The van der Waals surface area contributed by atoms with E-state index in [-0.39, 0.29) is 15.2 Å². The van der Waals surface area contributed by atoms with Crippen LogP contribution in [0.25, 0.3) is 10.8 Å². The van der Waals surface area contributed by atoms with E-state index >= 15 is 0 Å². The molecule has 2 aromatic carbocycles. The van der Waals surface area contributed by atoms with E-state index in [1.165, 1.54) is 30.3 Å². The van der Waals surface area contributed by atoms with E-state index < -0.39 is 54.3 Å². The van der Waals surface area contributed by atoms with Crippen molar-refractivity contribution >= 4 is 59.7 Å². The number of fused-ring (bicyclic) bond motifs is 2. The van der Waals surface area contributed by atoms with Gasteiger partial charge in [-0.3, -0.25) is 0 Å². The Morgan fingerprint density at radius 2 is 1.50 bits per heavy atom. The number of esters is 1. The standard InChI is InChI=1S/C18H14F6I2N2O4/c1-14(25,18-26(27-18)28-18)13(29)32-12-5-3-9-6-11(4-2-10(9)7-12)31-8-15(30,16(19,20)21)17(22,23)24/h2-7,27-28,30H,8H2,1H3. The van der Waals surface area contributed by atoms with Crippen molar-refractivity contribution in [1.82, 2.24) is 7.06 Å². The molecule has 2 saturated heterocycles. The quantitative estimate of drug-likeness (QED) is 0.0610. The fraction of sp³-hybridized carbons (Fsp3) is 0.389. The second kappa shape index (κ2) is 7.44. The Kier molecular flexibility index (Phi) is 5.59. The van der Waals surface area contributed by atoms with E-state index in [2.05, 4.69) is 11.8 Å². The van der Waals surface area contributed by atoms with Crippen LogP contribution < -0.4 is 16.5 Å². The van der Waals surface area contributed by atoms with Gasteiger partial charge >= 0.3 is 162 Å². The van der Waals surface area contributed by atoms with Crippen molar-refractivity contribution in [2.24, 2.45) is 0 Å². The first kappa shape index (κ1) is 24.0. The molecule has 176 valence electrons. The van der Waals surface area contributed by atoms with Crippen LogP contribution in [0.1, 0.15) is 6.92 Å². The number of carbonyl (C=O) groups excluding carboxylic acids is 1. The van der Waals surface area contributed by atoms with Crippen LogP contribution in [0.2, 0.25) is 0 Å². The Labute approximate surface area is 198 Å². The van der Waals surface area contributed by atoms with Crippen LogP contribution >= 0.6 is 43.0 Å². The van der Waals surface area contributed by atoms with Crippen molar-refractivity contribution in [2.75, 3.05) is 6.61 Å². The second-order valence-corrected chi connectivity index (χ2v) is 13.8. The van der Waals surface area contributed by atoms with Gasteiger partial charge in [0.25, 0.3) is 5.60 Å². The van der Waals surface area contributed by atoms with E-state index in [0.717, 1.165) is 6.07 Å². The van der Waals surface area contributed by atoms with Gasteiger partial charge in [-0.25, -0.2) is 0 Å². The van der Waals surface area contributed by atoms with Crippen LogP contribution in [0, 0.1) is 0 Å². The van der Waals surface area contributed by atoms with Crippen molar-refractivity contribution < 1.29 is 45.7 Å². The van der Waals surface area contributed by atoms with Gasteiger partial charge < -0.3 is 5.11 Å². The van der Waals surface area contributed by atoms with Gasteiger partial charge in [0.15, 0.2) is 0 Å². The maximum atomic E-state index is 12.8. The summed E-state index contributed by atoms with van der Waals surface area (Å²) in [4.78, 5) is 12.6. The summed E-state index contributed by atoms with van der Waals surface area (Å²) >= 11 is 0.649. The fourth-order valence-electron chi connectivity index (χ4n) is 2.79. The molecule has 6 nitrogen and oxygen atoms in total. The summed E-state index contributed by atoms with van der Waals surface area (Å²) in [5.74, 6) is -0.515. The topological polar surface area (TPSA) is 99.6 Å². The SMILES string of the molecule is CC(I)(C(=O)Oc1ccc2cc(OCC(O)(C(F)(F)F)C(F)(F)F)ccc2c1)C12NI1N2. The number of halogens is 8. The second-order valence-electron chi connectivity index (χ2n) is 7.34. The molecule has 3 N–H and O–H groups in total. The molecule has 0 spiro atoms. The third-order valence-electron chi connectivity index (χ3n) is 5.07. The van der Waals surface area contributed by atoms with Gasteiger partial charge in [0.05, 0.1) is 0 Å². The fourth-order valence-corrected chi connectivity index (χ4v) is 10.5. The zero-order valence-electron chi connectivity index (χ0n) is 15.9. The Morgan fingerprint density at radius 1 is 1.03 bits per heavy atom. The Hall–Kier alpha value is -1.11. The number of alkyl halides is 8. The minimum atomic E-state index is -5.97. The third-order valence-corrected chi connectivity index (χ3v) is 12.2. The van der Waals surface area contributed by atoms with Crippen molar-refractivity contribution in [1.29, 1.82) is 0 Å². The summed E-state index contributed by atoms with van der Waals surface area (Å²) in [6.45, 7) is -0.294. The predicted molar refractivity (Wildman–Crippen MR) is 118 cm³/mol. The molecule has 32 heavy (non-hydrogen) atoms. The van der Waals surface area contributed by atoms with Gasteiger partial charge in [-0.2, -0.15) is 26.3 Å². The average molecular weight is 690 g/mol. The summed E-state index contributed by atoms with van der Waals surface area (Å²) in [5.41, 5.74) is -5.01. The number of nitrogens with one attached hydrogen (secondary N) is 2. The molecular formula is C18H14F6I2N2O4. The van der Waals surface area contributed by atoms with Crippen molar-refractivity contribution in [3.63, 3.8) is 0 Å². The number of aliphatic hydroxyl groups is 1. The molecule has 0 saturated carbocycles. The molecule has 0 amide bonds. The number of benzene rings is 2. The first-order valence-electron chi connectivity index (χ1n) is 8.80. The zero-order valence-corrected chi connectivity index (χ0v) is 20.2. The van der Waals surface area contributed by atoms with E-state index in [1.54, 1.807) is 6.92 Å². The van der Waals surface area contributed by atoms with Crippen LogP contribution in [-0.2, 0) is 4.79 Å². The molecule has 1 atom stereocenters. The van der Waals surface area contributed by atoms with Crippen LogP contribution in [0.15, 0.2) is 36.4 Å². The molecule has 2 aromatic rings. The predicted octanol–water partition coefficient (Wildman–Crippen LogP) is 4.37. The number of ether oxygens (including phenoxy) is 2. The van der Waals surface area contributed by atoms with Crippen LogP contribution in [0.5, 0.6) is 11.5 Å². The molecular weight excluding hydrogens is 676 g/mol. The van der Waals surface area contributed by atoms with Gasteiger partial charge in [0.1, 0.15) is 0 Å². The molecule has 2 aliphatic rings. The minimum absolute atomic E-state index is 0.237. The van der Waals surface area contributed by atoms with Crippen molar-refractivity contribution in [3.05, 3.63) is 36.4 Å². The van der Waals surface area contributed by atoms with Crippen LogP contribution in [0.4, 0.5) is 26.3 Å². The number of rotatable bonds is 6. The van der Waals surface area contributed by atoms with Gasteiger partial charge in [-0.05, 0) is 0 Å². The first-order chi connectivity index (χ1) is 14.6. The molecule has 2 heterocycles. The van der Waals surface area contributed by atoms with E-state index in [9.17, 15) is 36.2 Å². The summed E-state index contributed by atoms with van der Waals surface area (Å²) < 4.78 is 92.1. The summed E-state index contributed by atoms with van der Waals surface area (Å²) in [5, 5.41) is 10.1. The Balaban J connectivity index is 1.48. The molecule has 2 fully saturated rings. The zero-order chi connectivity index (χ0) is 23.7. The van der Waals surface area contributed by atoms with Crippen molar-refractivity contribution in [3.8, 4) is 11.5 Å². The van der Waals surface area contributed by atoms with Gasteiger partial charge in [-0.15, -0.1) is 0 Å². The Morgan fingerprint density at radius 3 is 1.97 bits per heavy atom. The van der Waals surface area contributed by atoms with Crippen LogP contribution in [0.3, 0.4) is 0 Å². The molecule has 0 aliphatic carbocycles. The summed E-state index contributed by atoms with van der Waals surface area (Å²) in [6, 6.07) is 8.21. The number of carbonyl (C=O) groups is 1. The molecule has 0 radical (unpaired) electrons. The van der Waals surface area contributed by atoms with E-state index in [1.807, 2.05) is 22.6 Å². The summed E-state index contributed by atoms with van der Waals surface area (Å²) in [7, 11) is 0. The molecule has 4 rings (SSSR count). The molecule has 2 aliphatic heterocycles. The average Bonchev–Trinajstić information content (AvgIpc) is 3.55. The van der Waals surface area contributed by atoms with Crippen LogP contribution in [-0.4, -0.2) is 42.7 Å². The maximum absolute atomic E-state index is 12.8.